The van der Waals surface area contributed by atoms with Crippen LogP contribution in [0.15, 0.2) is 42.6 Å². The Bertz CT molecular complexity index is 706. The average Bonchev–Trinajstić information content (AvgIpc) is 3.21. The van der Waals surface area contributed by atoms with Crippen LogP contribution in [0.2, 0.25) is 0 Å². The Morgan fingerprint density at radius 3 is 2.63 bits per heavy atom. The maximum atomic E-state index is 12.6. The lowest BCUT2D eigenvalue weighted by Crippen LogP contribution is -2.40. The first-order chi connectivity index (χ1) is 12.7. The summed E-state index contributed by atoms with van der Waals surface area (Å²) in [7, 11) is 0. The van der Waals surface area contributed by atoms with Gasteiger partial charge in [-0.15, -0.1) is 12.4 Å². The maximum absolute atomic E-state index is 12.6. The Morgan fingerprint density at radius 2 is 2.00 bits per heavy atom. The lowest BCUT2D eigenvalue weighted by molar-refractivity contribution is 0.0935. The summed E-state index contributed by atoms with van der Waals surface area (Å²) in [5.74, 6) is -0.0882. The van der Waals surface area contributed by atoms with Gasteiger partial charge in [0.2, 0.25) is 0 Å². The molecule has 1 fully saturated rings. The molecule has 1 amide bonds. The van der Waals surface area contributed by atoms with E-state index in [-0.39, 0.29) is 23.7 Å². The Morgan fingerprint density at radius 1 is 1.26 bits per heavy atom. The molecule has 0 saturated carbocycles. The fourth-order valence-electron chi connectivity index (χ4n) is 3.86. The van der Waals surface area contributed by atoms with E-state index in [4.69, 9.17) is 0 Å². The number of carbonyl (C=O) groups excluding carboxylic acids is 1. The van der Waals surface area contributed by atoms with Crippen LogP contribution in [0.3, 0.4) is 0 Å². The highest BCUT2D eigenvalue weighted by molar-refractivity contribution is 5.92. The molecule has 2 aromatic rings. The first-order valence-corrected chi connectivity index (χ1v) is 9.78. The van der Waals surface area contributed by atoms with Gasteiger partial charge in [-0.25, -0.2) is 0 Å². The molecule has 6 heteroatoms. The molecule has 1 atom stereocenters. The summed E-state index contributed by atoms with van der Waals surface area (Å²) in [6, 6.07) is 12.7. The molecule has 1 aromatic carbocycles. The lowest BCUT2D eigenvalue weighted by Gasteiger charge is -2.32. The van der Waals surface area contributed by atoms with Gasteiger partial charge >= 0.3 is 0 Å². The van der Waals surface area contributed by atoms with Gasteiger partial charge < -0.3 is 10.6 Å². The molecular weight excluding hydrogens is 360 g/mol. The minimum atomic E-state index is -0.0882. The average molecular weight is 391 g/mol. The third-order valence-electron chi connectivity index (χ3n) is 5.81. The predicted octanol–water partition coefficient (Wildman–Crippen LogP) is 3.72. The SMILES string of the molecule is CCC(CC)(CNC(=O)c1ccn(C2CCCNC2)n1)c1ccccc1.Cl. The molecule has 0 bridgehead atoms. The van der Waals surface area contributed by atoms with Crippen molar-refractivity contribution in [3.63, 3.8) is 0 Å². The van der Waals surface area contributed by atoms with E-state index >= 15 is 0 Å². The molecule has 1 unspecified atom stereocenters. The van der Waals surface area contributed by atoms with Crippen molar-refractivity contribution < 1.29 is 4.79 Å². The van der Waals surface area contributed by atoms with Crippen molar-refractivity contribution in [3.05, 3.63) is 53.9 Å². The van der Waals surface area contributed by atoms with E-state index in [9.17, 15) is 4.79 Å². The van der Waals surface area contributed by atoms with Crippen LogP contribution < -0.4 is 10.6 Å². The second-order valence-electron chi connectivity index (χ2n) is 7.22. The molecule has 1 aromatic heterocycles. The summed E-state index contributed by atoms with van der Waals surface area (Å²) in [4.78, 5) is 12.6. The Hall–Kier alpha value is -1.85. The quantitative estimate of drug-likeness (QED) is 0.757. The molecule has 1 aliphatic heterocycles. The predicted molar refractivity (Wildman–Crippen MR) is 112 cm³/mol. The molecule has 3 rings (SSSR count). The summed E-state index contributed by atoms with van der Waals surface area (Å²) >= 11 is 0. The number of aromatic nitrogens is 2. The highest BCUT2D eigenvalue weighted by atomic mass is 35.5. The van der Waals surface area contributed by atoms with Gasteiger partial charge in [-0.05, 0) is 43.9 Å². The number of piperidine rings is 1. The summed E-state index contributed by atoms with van der Waals surface area (Å²) < 4.78 is 1.94. The zero-order chi connectivity index (χ0) is 18.4. The number of nitrogens with one attached hydrogen (secondary N) is 2. The highest BCUT2D eigenvalue weighted by Gasteiger charge is 2.29. The van der Waals surface area contributed by atoms with Gasteiger partial charge in [0, 0.05) is 24.7 Å². The zero-order valence-electron chi connectivity index (χ0n) is 16.3. The molecule has 0 radical (unpaired) electrons. The van der Waals surface area contributed by atoms with E-state index in [1.807, 2.05) is 23.0 Å². The van der Waals surface area contributed by atoms with Gasteiger partial charge in [0.1, 0.15) is 5.69 Å². The molecule has 148 valence electrons. The van der Waals surface area contributed by atoms with Crippen LogP contribution >= 0.6 is 12.4 Å². The topological polar surface area (TPSA) is 59.0 Å². The molecule has 2 heterocycles. The number of amides is 1. The smallest absolute Gasteiger partial charge is 0.271 e. The number of carbonyl (C=O) groups is 1. The van der Waals surface area contributed by atoms with Crippen LogP contribution in [0.5, 0.6) is 0 Å². The van der Waals surface area contributed by atoms with Crippen LogP contribution in [0.25, 0.3) is 0 Å². The minimum absolute atomic E-state index is 0. The zero-order valence-corrected chi connectivity index (χ0v) is 17.1. The van der Waals surface area contributed by atoms with Gasteiger partial charge in [-0.3, -0.25) is 9.48 Å². The minimum Gasteiger partial charge on any atom is -0.350 e. The Kier molecular flexibility index (Phi) is 7.87. The number of hydrogen-bond acceptors (Lipinski definition) is 3. The standard InChI is InChI=1S/C21H30N4O.ClH/c1-3-21(4-2,17-9-6-5-7-10-17)16-23-20(26)19-12-14-25(24-19)18-11-8-13-22-15-18;/h5-7,9-10,12,14,18,22H,3-4,8,11,13,15-16H2,1-2H3,(H,23,26);1H. The fraction of sp³-hybridized carbons (Fsp3) is 0.524. The summed E-state index contributed by atoms with van der Waals surface area (Å²) in [5, 5.41) is 11.0. The number of hydrogen-bond donors (Lipinski definition) is 2. The van der Waals surface area contributed by atoms with Crippen LogP contribution in [0.1, 0.15) is 61.6 Å². The van der Waals surface area contributed by atoms with Crippen molar-refractivity contribution >= 4 is 18.3 Å². The highest BCUT2D eigenvalue weighted by Crippen LogP contribution is 2.31. The van der Waals surface area contributed by atoms with Crippen molar-refractivity contribution in [2.75, 3.05) is 19.6 Å². The summed E-state index contributed by atoms with van der Waals surface area (Å²) in [6.07, 6.45) is 6.15. The van der Waals surface area contributed by atoms with E-state index in [1.54, 1.807) is 0 Å². The van der Waals surface area contributed by atoms with E-state index in [1.165, 1.54) is 5.56 Å². The number of nitrogens with zero attached hydrogens (tertiary/aromatic N) is 2. The summed E-state index contributed by atoms with van der Waals surface area (Å²) in [5.41, 5.74) is 1.75. The van der Waals surface area contributed by atoms with Gasteiger partial charge in [0.25, 0.3) is 5.91 Å². The number of rotatable bonds is 7. The third kappa shape index (κ3) is 4.90. The van der Waals surface area contributed by atoms with Gasteiger partial charge in [0.05, 0.1) is 6.04 Å². The lowest BCUT2D eigenvalue weighted by atomic mass is 9.76. The number of halogens is 1. The molecule has 5 nitrogen and oxygen atoms in total. The van der Waals surface area contributed by atoms with Gasteiger partial charge in [-0.2, -0.15) is 5.10 Å². The van der Waals surface area contributed by atoms with Gasteiger partial charge in [0.15, 0.2) is 0 Å². The van der Waals surface area contributed by atoms with Crippen LogP contribution in [-0.4, -0.2) is 35.3 Å². The maximum Gasteiger partial charge on any atom is 0.271 e. The van der Waals surface area contributed by atoms with Crippen LogP contribution in [0, 0.1) is 0 Å². The van der Waals surface area contributed by atoms with E-state index in [0.717, 1.165) is 38.8 Å². The Labute approximate surface area is 168 Å². The van der Waals surface area contributed by atoms with E-state index in [0.29, 0.717) is 18.3 Å². The van der Waals surface area contributed by atoms with Gasteiger partial charge in [-0.1, -0.05) is 44.2 Å². The molecule has 1 aliphatic rings. The first-order valence-electron chi connectivity index (χ1n) is 9.78. The van der Waals surface area contributed by atoms with E-state index in [2.05, 4.69) is 53.8 Å². The molecular formula is C21H31ClN4O. The third-order valence-corrected chi connectivity index (χ3v) is 5.81. The van der Waals surface area contributed by atoms with Crippen molar-refractivity contribution in [3.8, 4) is 0 Å². The molecule has 2 N–H and O–H groups in total. The fourth-order valence-corrected chi connectivity index (χ4v) is 3.86. The van der Waals surface area contributed by atoms with Crippen molar-refractivity contribution in [1.82, 2.24) is 20.4 Å². The molecule has 27 heavy (non-hydrogen) atoms. The summed E-state index contributed by atoms with van der Waals surface area (Å²) in [6.45, 7) is 6.99. The van der Waals surface area contributed by atoms with E-state index < -0.39 is 0 Å². The normalized spacial score (nSPS) is 17.2. The second-order valence-corrected chi connectivity index (χ2v) is 7.22. The van der Waals surface area contributed by atoms with Crippen molar-refractivity contribution in [2.45, 2.75) is 51.0 Å². The van der Waals surface area contributed by atoms with Crippen LogP contribution in [-0.2, 0) is 5.41 Å². The molecule has 0 aliphatic carbocycles. The van der Waals surface area contributed by atoms with Crippen LogP contribution in [0.4, 0.5) is 0 Å². The van der Waals surface area contributed by atoms with Crippen molar-refractivity contribution in [2.24, 2.45) is 0 Å². The second kappa shape index (κ2) is 9.90. The Balaban J connectivity index is 0.00000261. The van der Waals surface area contributed by atoms with Crippen molar-refractivity contribution in [1.29, 1.82) is 0 Å². The first kappa shape index (κ1) is 21.5. The molecule has 1 saturated heterocycles. The largest absolute Gasteiger partial charge is 0.350 e. The monoisotopic (exact) mass is 390 g/mol. The number of benzene rings is 1. The molecule has 0 spiro atoms.